The highest BCUT2D eigenvalue weighted by Gasteiger charge is 2.00. The van der Waals surface area contributed by atoms with Gasteiger partial charge < -0.3 is 15.4 Å². The Morgan fingerprint density at radius 3 is 2.05 bits per heavy atom. The predicted octanol–water partition coefficient (Wildman–Crippen LogP) is 5.05. The summed E-state index contributed by atoms with van der Waals surface area (Å²) in [5, 5.41) is 6.83. The number of halogens is 1. The van der Waals surface area contributed by atoms with Crippen molar-refractivity contribution in [1.82, 2.24) is 0 Å². The van der Waals surface area contributed by atoms with E-state index in [1.54, 1.807) is 0 Å². The van der Waals surface area contributed by atoms with Crippen molar-refractivity contribution in [2.24, 2.45) is 0 Å². The van der Waals surface area contributed by atoms with Crippen LogP contribution in [-0.4, -0.2) is 11.7 Å². The predicted molar refractivity (Wildman–Crippen MR) is 96.2 cm³/mol. The second-order valence-electron chi connectivity index (χ2n) is 4.46. The zero-order chi connectivity index (χ0) is 15.1. The van der Waals surface area contributed by atoms with Crippen LogP contribution in [0.3, 0.4) is 0 Å². The molecular weight excluding hydrogens is 348 g/mol. The first-order valence-electron chi connectivity index (χ1n) is 6.74. The van der Waals surface area contributed by atoms with Gasteiger partial charge in [0.1, 0.15) is 5.75 Å². The number of anilines is 2. The van der Waals surface area contributed by atoms with E-state index in [9.17, 15) is 0 Å². The monoisotopic (exact) mass is 364 g/mol. The van der Waals surface area contributed by atoms with Gasteiger partial charge in [-0.3, -0.25) is 0 Å². The largest absolute Gasteiger partial charge is 0.494 e. The Bertz CT molecular complexity index is 584. The Morgan fingerprint density at radius 1 is 1.00 bits per heavy atom. The van der Waals surface area contributed by atoms with Crippen molar-refractivity contribution in [2.75, 3.05) is 17.2 Å². The highest BCUT2D eigenvalue weighted by Crippen LogP contribution is 2.17. The molecule has 3 nitrogen and oxygen atoms in total. The van der Waals surface area contributed by atoms with E-state index in [1.165, 1.54) is 0 Å². The number of rotatable bonds is 5. The molecule has 5 heteroatoms. The number of thiocarbonyl (C=S) groups is 1. The molecule has 0 radical (unpaired) electrons. The van der Waals surface area contributed by atoms with Gasteiger partial charge in [-0.1, -0.05) is 22.9 Å². The van der Waals surface area contributed by atoms with Gasteiger partial charge >= 0.3 is 0 Å². The smallest absolute Gasteiger partial charge is 0.175 e. The summed E-state index contributed by atoms with van der Waals surface area (Å²) < 4.78 is 6.58. The molecule has 0 aliphatic heterocycles. The maximum atomic E-state index is 5.54. The Hall–Kier alpha value is -1.59. The quantitative estimate of drug-likeness (QED) is 0.727. The van der Waals surface area contributed by atoms with Gasteiger partial charge in [-0.2, -0.15) is 0 Å². The minimum Gasteiger partial charge on any atom is -0.494 e. The van der Waals surface area contributed by atoms with Crippen molar-refractivity contribution in [3.63, 3.8) is 0 Å². The van der Waals surface area contributed by atoms with Crippen molar-refractivity contribution >= 4 is 44.6 Å². The molecule has 0 aliphatic carbocycles. The van der Waals surface area contributed by atoms with Crippen molar-refractivity contribution in [3.8, 4) is 5.75 Å². The van der Waals surface area contributed by atoms with E-state index in [1.807, 2.05) is 48.5 Å². The fourth-order valence-corrected chi connectivity index (χ4v) is 2.18. The first kappa shape index (κ1) is 15.8. The van der Waals surface area contributed by atoms with Crippen LogP contribution in [0.1, 0.15) is 13.3 Å². The normalized spacial score (nSPS) is 10.0. The lowest BCUT2D eigenvalue weighted by Crippen LogP contribution is -2.18. The van der Waals surface area contributed by atoms with E-state index in [4.69, 9.17) is 17.0 Å². The van der Waals surface area contributed by atoms with E-state index in [0.29, 0.717) is 5.11 Å². The van der Waals surface area contributed by atoms with E-state index in [0.717, 1.165) is 34.6 Å². The maximum Gasteiger partial charge on any atom is 0.175 e. The standard InChI is InChI=1S/C16H17BrN2OS/c1-2-11-20-15-9-7-14(8-10-15)19-16(21)18-13-5-3-12(17)4-6-13/h3-10H,2,11H2,1H3,(H2,18,19,21). The van der Waals surface area contributed by atoms with Crippen molar-refractivity contribution < 1.29 is 4.74 Å². The Morgan fingerprint density at radius 2 is 1.52 bits per heavy atom. The zero-order valence-electron chi connectivity index (χ0n) is 11.7. The van der Waals surface area contributed by atoms with Crippen molar-refractivity contribution in [1.29, 1.82) is 0 Å². The molecule has 0 spiro atoms. The second-order valence-corrected chi connectivity index (χ2v) is 5.78. The lowest BCUT2D eigenvalue weighted by Gasteiger charge is -2.11. The highest BCUT2D eigenvalue weighted by atomic mass is 79.9. The maximum absolute atomic E-state index is 5.54. The van der Waals surface area contributed by atoms with Gasteiger partial charge in [0.05, 0.1) is 6.61 Å². The molecule has 0 amide bonds. The van der Waals surface area contributed by atoms with Crippen LogP contribution in [0.25, 0.3) is 0 Å². The van der Waals surface area contributed by atoms with E-state index in [2.05, 4.69) is 33.5 Å². The van der Waals surface area contributed by atoms with Crippen molar-refractivity contribution in [2.45, 2.75) is 13.3 Å². The first-order chi connectivity index (χ1) is 10.2. The molecule has 110 valence electrons. The van der Waals surface area contributed by atoms with Crippen LogP contribution in [0.5, 0.6) is 5.75 Å². The minimum absolute atomic E-state index is 0.555. The summed E-state index contributed by atoms with van der Waals surface area (Å²) >= 11 is 8.69. The zero-order valence-corrected chi connectivity index (χ0v) is 14.1. The van der Waals surface area contributed by atoms with Crippen LogP contribution in [-0.2, 0) is 0 Å². The second kappa shape index (κ2) is 8.00. The van der Waals surface area contributed by atoms with E-state index >= 15 is 0 Å². The molecule has 0 fully saturated rings. The van der Waals surface area contributed by atoms with E-state index in [-0.39, 0.29) is 0 Å². The van der Waals surface area contributed by atoms with Gasteiger partial charge in [-0.25, -0.2) is 0 Å². The van der Waals surface area contributed by atoms with Crippen LogP contribution in [0.2, 0.25) is 0 Å². The number of ether oxygens (including phenoxy) is 1. The molecule has 0 bridgehead atoms. The fourth-order valence-electron chi connectivity index (χ4n) is 1.68. The minimum atomic E-state index is 0.555. The Balaban J connectivity index is 1.88. The van der Waals surface area contributed by atoms with Gasteiger partial charge in [-0.05, 0) is 67.2 Å². The molecule has 2 N–H and O–H groups in total. The summed E-state index contributed by atoms with van der Waals surface area (Å²) in [7, 11) is 0. The van der Waals surface area contributed by atoms with Crippen LogP contribution >= 0.6 is 28.1 Å². The van der Waals surface area contributed by atoms with E-state index < -0.39 is 0 Å². The summed E-state index contributed by atoms with van der Waals surface area (Å²) in [5.41, 5.74) is 1.87. The molecule has 0 aromatic heterocycles. The molecule has 2 rings (SSSR count). The summed E-state index contributed by atoms with van der Waals surface area (Å²) in [5.74, 6) is 0.870. The molecule has 0 unspecified atom stereocenters. The Kier molecular flexibility index (Phi) is 6.02. The summed E-state index contributed by atoms with van der Waals surface area (Å²) in [6, 6.07) is 15.6. The lowest BCUT2D eigenvalue weighted by molar-refractivity contribution is 0.317. The fraction of sp³-hybridized carbons (Fsp3) is 0.188. The molecule has 2 aromatic rings. The molecule has 0 aliphatic rings. The lowest BCUT2D eigenvalue weighted by atomic mass is 10.3. The van der Waals surface area contributed by atoms with Crippen LogP contribution in [0.15, 0.2) is 53.0 Å². The SMILES string of the molecule is CCCOc1ccc(NC(=S)Nc2ccc(Br)cc2)cc1. The summed E-state index contributed by atoms with van der Waals surface area (Å²) in [6.45, 7) is 2.82. The average molecular weight is 365 g/mol. The molecule has 21 heavy (non-hydrogen) atoms. The van der Waals surface area contributed by atoms with Crippen molar-refractivity contribution in [3.05, 3.63) is 53.0 Å². The van der Waals surface area contributed by atoms with Gasteiger partial charge in [0.2, 0.25) is 0 Å². The van der Waals surface area contributed by atoms with Crippen LogP contribution in [0.4, 0.5) is 11.4 Å². The van der Waals surface area contributed by atoms with Gasteiger partial charge in [0.25, 0.3) is 0 Å². The Labute approximate surface area is 138 Å². The number of benzene rings is 2. The average Bonchev–Trinajstić information content (AvgIpc) is 2.49. The van der Waals surface area contributed by atoms with Crippen LogP contribution in [0, 0.1) is 0 Å². The molecule has 0 saturated carbocycles. The molecular formula is C16H17BrN2OS. The van der Waals surface area contributed by atoms with Gasteiger partial charge in [-0.15, -0.1) is 0 Å². The molecule has 0 saturated heterocycles. The van der Waals surface area contributed by atoms with Gasteiger partial charge in [0, 0.05) is 15.8 Å². The third-order valence-electron chi connectivity index (χ3n) is 2.69. The molecule has 0 atom stereocenters. The number of nitrogens with one attached hydrogen (secondary N) is 2. The molecule has 2 aromatic carbocycles. The number of hydrogen-bond donors (Lipinski definition) is 2. The molecule has 0 heterocycles. The highest BCUT2D eigenvalue weighted by molar-refractivity contribution is 9.10. The van der Waals surface area contributed by atoms with Gasteiger partial charge in [0.15, 0.2) is 5.11 Å². The summed E-state index contributed by atoms with van der Waals surface area (Å²) in [6.07, 6.45) is 1.00. The topological polar surface area (TPSA) is 33.3 Å². The van der Waals surface area contributed by atoms with Crippen LogP contribution < -0.4 is 15.4 Å². The first-order valence-corrected chi connectivity index (χ1v) is 7.94. The number of hydrogen-bond acceptors (Lipinski definition) is 2. The third kappa shape index (κ3) is 5.36. The summed E-state index contributed by atoms with van der Waals surface area (Å²) in [4.78, 5) is 0. The third-order valence-corrected chi connectivity index (χ3v) is 3.42.